The lowest BCUT2D eigenvalue weighted by Gasteiger charge is -2.39. The Morgan fingerprint density at radius 1 is 1.08 bits per heavy atom. The molecule has 0 aliphatic carbocycles. The number of hydrogen-bond donors (Lipinski definition) is 0. The van der Waals surface area contributed by atoms with Crippen LogP contribution in [-0.4, -0.2) is 29.2 Å². The van der Waals surface area contributed by atoms with E-state index in [0.29, 0.717) is 30.0 Å². The lowest BCUT2D eigenvalue weighted by molar-refractivity contribution is 0.0300. The molecule has 0 spiro atoms. The van der Waals surface area contributed by atoms with Gasteiger partial charge in [-0.05, 0) is 12.5 Å². The van der Waals surface area contributed by atoms with Crippen LogP contribution in [-0.2, 0) is 4.74 Å². The molecule has 0 saturated carbocycles. The van der Waals surface area contributed by atoms with Crippen molar-refractivity contribution < 1.29 is 13.5 Å². The Kier molecular flexibility index (Phi) is 4.05. The lowest BCUT2D eigenvalue weighted by atomic mass is 10.0. The number of fused-ring (bicyclic) bond motifs is 1. The van der Waals surface area contributed by atoms with E-state index < -0.39 is 11.6 Å². The monoisotopic (exact) mass is 341 g/mol. The molecule has 0 unspecified atom stereocenters. The standard InChI is InChI=1S/C19H17F2N3O/c1-12-10-24(18(11-25-12)13-5-3-2-4-6-13)19-9-22-16-7-14(20)15(21)8-17(16)23-19/h2-9,12,18H,10-11H2,1H3/t12-,18+/m0/s1. The minimum atomic E-state index is -0.922. The summed E-state index contributed by atoms with van der Waals surface area (Å²) in [5, 5.41) is 0. The first kappa shape index (κ1) is 15.9. The van der Waals surface area contributed by atoms with E-state index in [1.807, 2.05) is 37.3 Å². The molecule has 1 saturated heterocycles. The van der Waals surface area contributed by atoms with Gasteiger partial charge in [-0.2, -0.15) is 0 Å². The number of benzene rings is 2. The number of rotatable bonds is 2. The van der Waals surface area contributed by atoms with Crippen LogP contribution in [0.5, 0.6) is 0 Å². The van der Waals surface area contributed by atoms with Gasteiger partial charge in [0.05, 0.1) is 36.0 Å². The van der Waals surface area contributed by atoms with Gasteiger partial charge in [0.15, 0.2) is 11.6 Å². The zero-order chi connectivity index (χ0) is 17.4. The summed E-state index contributed by atoms with van der Waals surface area (Å²) in [6.07, 6.45) is 1.65. The molecule has 1 aromatic heterocycles. The minimum Gasteiger partial charge on any atom is -0.374 e. The highest BCUT2D eigenvalue weighted by Gasteiger charge is 2.29. The molecule has 2 aromatic carbocycles. The van der Waals surface area contributed by atoms with E-state index in [1.165, 1.54) is 0 Å². The molecular formula is C19H17F2N3O. The van der Waals surface area contributed by atoms with Crippen molar-refractivity contribution in [2.24, 2.45) is 0 Å². The van der Waals surface area contributed by atoms with Crippen LogP contribution in [0, 0.1) is 11.6 Å². The fourth-order valence-corrected chi connectivity index (χ4v) is 3.14. The van der Waals surface area contributed by atoms with Crippen molar-refractivity contribution in [2.45, 2.75) is 19.1 Å². The summed E-state index contributed by atoms with van der Waals surface area (Å²) in [5.41, 5.74) is 1.78. The molecule has 0 radical (unpaired) electrons. The van der Waals surface area contributed by atoms with E-state index in [1.54, 1.807) is 6.20 Å². The van der Waals surface area contributed by atoms with E-state index in [0.717, 1.165) is 17.7 Å². The summed E-state index contributed by atoms with van der Waals surface area (Å²) in [7, 11) is 0. The highest BCUT2D eigenvalue weighted by atomic mass is 19.2. The molecule has 0 amide bonds. The molecular weight excluding hydrogens is 324 g/mol. The fraction of sp³-hybridized carbons (Fsp3) is 0.263. The van der Waals surface area contributed by atoms with Gasteiger partial charge in [0, 0.05) is 18.7 Å². The first-order chi connectivity index (χ1) is 12.1. The smallest absolute Gasteiger partial charge is 0.161 e. The largest absolute Gasteiger partial charge is 0.374 e. The molecule has 1 fully saturated rings. The molecule has 25 heavy (non-hydrogen) atoms. The highest BCUT2D eigenvalue weighted by Crippen LogP contribution is 2.31. The molecule has 2 atom stereocenters. The molecule has 4 rings (SSSR count). The maximum absolute atomic E-state index is 13.5. The summed E-state index contributed by atoms with van der Waals surface area (Å²) in [4.78, 5) is 10.9. The molecule has 2 heterocycles. The number of morpholine rings is 1. The quantitative estimate of drug-likeness (QED) is 0.709. The Morgan fingerprint density at radius 3 is 2.56 bits per heavy atom. The topological polar surface area (TPSA) is 38.2 Å². The number of anilines is 1. The van der Waals surface area contributed by atoms with Gasteiger partial charge in [0.2, 0.25) is 0 Å². The van der Waals surface area contributed by atoms with Gasteiger partial charge in [0.25, 0.3) is 0 Å². The van der Waals surface area contributed by atoms with Crippen molar-refractivity contribution in [1.82, 2.24) is 9.97 Å². The van der Waals surface area contributed by atoms with Gasteiger partial charge in [0.1, 0.15) is 5.82 Å². The van der Waals surface area contributed by atoms with Crippen molar-refractivity contribution in [2.75, 3.05) is 18.1 Å². The molecule has 4 nitrogen and oxygen atoms in total. The van der Waals surface area contributed by atoms with Crippen LogP contribution < -0.4 is 4.90 Å². The van der Waals surface area contributed by atoms with E-state index in [9.17, 15) is 8.78 Å². The van der Waals surface area contributed by atoms with Crippen molar-refractivity contribution in [3.63, 3.8) is 0 Å². The second kappa shape index (κ2) is 6.37. The van der Waals surface area contributed by atoms with Gasteiger partial charge in [-0.15, -0.1) is 0 Å². The second-order valence-corrected chi connectivity index (χ2v) is 6.21. The predicted molar refractivity (Wildman–Crippen MR) is 91.4 cm³/mol. The zero-order valence-corrected chi connectivity index (χ0v) is 13.7. The van der Waals surface area contributed by atoms with Gasteiger partial charge >= 0.3 is 0 Å². The average Bonchev–Trinajstić information content (AvgIpc) is 2.63. The van der Waals surface area contributed by atoms with Crippen LogP contribution in [0.25, 0.3) is 11.0 Å². The third-order valence-electron chi connectivity index (χ3n) is 4.42. The van der Waals surface area contributed by atoms with Crippen molar-refractivity contribution >= 4 is 16.9 Å². The Labute approximate surface area is 144 Å². The van der Waals surface area contributed by atoms with Crippen LogP contribution >= 0.6 is 0 Å². The maximum atomic E-state index is 13.5. The van der Waals surface area contributed by atoms with Gasteiger partial charge in [-0.3, -0.25) is 4.98 Å². The maximum Gasteiger partial charge on any atom is 0.161 e. The zero-order valence-electron chi connectivity index (χ0n) is 13.7. The number of aromatic nitrogens is 2. The van der Waals surface area contributed by atoms with Crippen molar-refractivity contribution in [3.8, 4) is 0 Å². The predicted octanol–water partition coefficient (Wildman–Crippen LogP) is 3.87. The number of nitrogens with zero attached hydrogens (tertiary/aromatic N) is 3. The Morgan fingerprint density at radius 2 is 1.80 bits per heavy atom. The van der Waals surface area contributed by atoms with Crippen LogP contribution in [0.3, 0.4) is 0 Å². The molecule has 3 aromatic rings. The summed E-state index contributed by atoms with van der Waals surface area (Å²) in [6, 6.07) is 12.2. The minimum absolute atomic E-state index is 0.00514. The van der Waals surface area contributed by atoms with Crippen LogP contribution in [0.2, 0.25) is 0 Å². The van der Waals surface area contributed by atoms with Crippen LogP contribution in [0.1, 0.15) is 18.5 Å². The first-order valence-corrected chi connectivity index (χ1v) is 8.17. The molecule has 0 bridgehead atoms. The number of halogens is 2. The van der Waals surface area contributed by atoms with E-state index in [2.05, 4.69) is 14.9 Å². The number of ether oxygens (including phenoxy) is 1. The molecule has 0 N–H and O–H groups in total. The van der Waals surface area contributed by atoms with Gasteiger partial charge in [-0.25, -0.2) is 13.8 Å². The molecule has 1 aliphatic heterocycles. The fourth-order valence-electron chi connectivity index (χ4n) is 3.14. The van der Waals surface area contributed by atoms with E-state index in [-0.39, 0.29) is 12.1 Å². The third-order valence-corrected chi connectivity index (χ3v) is 4.42. The molecule has 1 aliphatic rings. The average molecular weight is 341 g/mol. The van der Waals surface area contributed by atoms with Gasteiger partial charge < -0.3 is 9.64 Å². The normalized spacial score (nSPS) is 20.8. The van der Waals surface area contributed by atoms with Crippen LogP contribution in [0.4, 0.5) is 14.6 Å². The lowest BCUT2D eigenvalue weighted by Crippen LogP contribution is -2.44. The van der Waals surface area contributed by atoms with Gasteiger partial charge in [-0.1, -0.05) is 30.3 Å². The van der Waals surface area contributed by atoms with Crippen LogP contribution in [0.15, 0.2) is 48.7 Å². The summed E-state index contributed by atoms with van der Waals surface area (Å²) < 4.78 is 32.7. The summed E-state index contributed by atoms with van der Waals surface area (Å²) >= 11 is 0. The Hall–Kier alpha value is -2.60. The van der Waals surface area contributed by atoms with Crippen molar-refractivity contribution in [3.05, 3.63) is 65.9 Å². The third kappa shape index (κ3) is 3.05. The highest BCUT2D eigenvalue weighted by molar-refractivity contribution is 5.75. The number of hydrogen-bond acceptors (Lipinski definition) is 4. The summed E-state index contributed by atoms with van der Waals surface area (Å²) in [5.74, 6) is -1.21. The molecule has 6 heteroatoms. The SMILES string of the molecule is C[C@H]1CN(c2cnc3cc(F)c(F)cc3n2)[C@@H](c2ccccc2)CO1. The molecule has 128 valence electrons. The Balaban J connectivity index is 1.76. The van der Waals surface area contributed by atoms with E-state index in [4.69, 9.17) is 4.74 Å². The Bertz CT molecular complexity index is 904. The van der Waals surface area contributed by atoms with E-state index >= 15 is 0 Å². The summed E-state index contributed by atoms with van der Waals surface area (Å²) in [6.45, 7) is 3.17. The first-order valence-electron chi connectivity index (χ1n) is 8.17. The second-order valence-electron chi connectivity index (χ2n) is 6.21. The van der Waals surface area contributed by atoms with Crippen molar-refractivity contribution in [1.29, 1.82) is 0 Å².